The topological polar surface area (TPSA) is 33.2 Å². The number of anilines is 2. The van der Waals surface area contributed by atoms with E-state index in [-0.39, 0.29) is 5.82 Å². The van der Waals surface area contributed by atoms with Gasteiger partial charge in [0.25, 0.3) is 0 Å². The summed E-state index contributed by atoms with van der Waals surface area (Å²) in [5, 5.41) is 0.660. The van der Waals surface area contributed by atoms with Gasteiger partial charge in [-0.25, -0.2) is 9.37 Å². The molecule has 0 unspecified atom stereocenters. The number of hydrogen-bond acceptors (Lipinski definition) is 4. The first-order chi connectivity index (χ1) is 7.70. The summed E-state index contributed by atoms with van der Waals surface area (Å²) >= 11 is 1.27. The summed E-state index contributed by atoms with van der Waals surface area (Å²) in [5.74, 6) is -0.295. The lowest BCUT2D eigenvalue weighted by Gasteiger charge is -2.15. The molecule has 1 aromatic heterocycles. The highest BCUT2D eigenvalue weighted by atomic mass is 32.1. The lowest BCUT2D eigenvalue weighted by Crippen LogP contribution is -2.08. The molecule has 0 fully saturated rings. The molecular weight excluding hydrogens is 227 g/mol. The second-order valence-corrected chi connectivity index (χ2v) is 4.24. The van der Waals surface area contributed by atoms with Gasteiger partial charge in [-0.1, -0.05) is 17.4 Å². The summed E-state index contributed by atoms with van der Waals surface area (Å²) in [5.41, 5.74) is 0.701. The number of hydrogen-bond donors (Lipinski definition) is 0. The molecule has 0 spiro atoms. The summed E-state index contributed by atoms with van der Waals surface area (Å²) in [4.78, 5) is 16.9. The Balaban J connectivity index is 2.31. The van der Waals surface area contributed by atoms with Gasteiger partial charge < -0.3 is 4.90 Å². The maximum Gasteiger partial charge on any atom is 0.190 e. The van der Waals surface area contributed by atoms with Crippen molar-refractivity contribution < 1.29 is 9.18 Å². The van der Waals surface area contributed by atoms with E-state index in [1.165, 1.54) is 29.7 Å². The maximum absolute atomic E-state index is 13.0. The molecule has 0 atom stereocenters. The fourth-order valence-corrected chi connectivity index (χ4v) is 1.99. The van der Waals surface area contributed by atoms with Crippen molar-refractivity contribution in [1.29, 1.82) is 0 Å². The average Bonchev–Trinajstić information content (AvgIpc) is 2.76. The van der Waals surface area contributed by atoms with E-state index < -0.39 is 0 Å². The van der Waals surface area contributed by atoms with E-state index in [4.69, 9.17) is 0 Å². The van der Waals surface area contributed by atoms with Crippen molar-refractivity contribution in [2.45, 2.75) is 0 Å². The molecule has 0 saturated carbocycles. The first-order valence-electron chi connectivity index (χ1n) is 4.61. The van der Waals surface area contributed by atoms with Crippen molar-refractivity contribution in [2.75, 3.05) is 11.9 Å². The van der Waals surface area contributed by atoms with Crippen LogP contribution >= 0.6 is 11.3 Å². The number of aromatic nitrogens is 1. The summed E-state index contributed by atoms with van der Waals surface area (Å²) in [6.07, 6.45) is 2.25. The van der Waals surface area contributed by atoms with Crippen molar-refractivity contribution >= 4 is 28.4 Å². The number of benzene rings is 1. The lowest BCUT2D eigenvalue weighted by atomic mass is 10.3. The monoisotopic (exact) mass is 236 g/mol. The Hall–Kier alpha value is -1.75. The SMILES string of the molecule is CN(c1cccc(F)c1)c1ncc(C=O)s1. The van der Waals surface area contributed by atoms with Gasteiger partial charge in [0.05, 0.1) is 11.1 Å². The van der Waals surface area contributed by atoms with E-state index in [1.807, 2.05) is 0 Å². The zero-order valence-electron chi connectivity index (χ0n) is 8.55. The molecular formula is C11H9FN2OS. The largest absolute Gasteiger partial charge is 0.321 e. The van der Waals surface area contributed by atoms with Gasteiger partial charge >= 0.3 is 0 Å². The molecule has 0 amide bonds. The van der Waals surface area contributed by atoms with Crippen LogP contribution in [0.2, 0.25) is 0 Å². The molecule has 1 aromatic carbocycles. The third-order valence-corrected chi connectivity index (χ3v) is 3.11. The number of aldehydes is 1. The minimum atomic E-state index is -0.295. The van der Waals surface area contributed by atoms with E-state index in [1.54, 1.807) is 24.1 Å². The maximum atomic E-state index is 13.0. The first kappa shape index (κ1) is 10.8. The molecule has 16 heavy (non-hydrogen) atoms. The summed E-state index contributed by atoms with van der Waals surface area (Å²) in [6, 6.07) is 6.22. The highest BCUT2D eigenvalue weighted by Gasteiger charge is 2.09. The van der Waals surface area contributed by atoms with Gasteiger partial charge in [-0.2, -0.15) is 0 Å². The van der Waals surface area contributed by atoms with E-state index in [0.29, 0.717) is 15.7 Å². The summed E-state index contributed by atoms with van der Waals surface area (Å²) < 4.78 is 13.0. The number of nitrogens with zero attached hydrogens (tertiary/aromatic N) is 2. The first-order valence-corrected chi connectivity index (χ1v) is 5.42. The Labute approximate surface area is 96.2 Å². The smallest absolute Gasteiger partial charge is 0.190 e. The fraction of sp³-hybridized carbons (Fsp3) is 0.0909. The molecule has 5 heteroatoms. The second-order valence-electron chi connectivity index (χ2n) is 3.20. The number of carbonyl (C=O) groups excluding carboxylic acids is 1. The van der Waals surface area contributed by atoms with Crippen LogP contribution in [0.4, 0.5) is 15.2 Å². The van der Waals surface area contributed by atoms with E-state index in [0.717, 1.165) is 6.29 Å². The van der Waals surface area contributed by atoms with Crippen LogP contribution in [0.5, 0.6) is 0 Å². The van der Waals surface area contributed by atoms with E-state index in [2.05, 4.69) is 4.98 Å². The Morgan fingerprint density at radius 1 is 1.50 bits per heavy atom. The zero-order chi connectivity index (χ0) is 11.5. The number of halogens is 1. The van der Waals surface area contributed by atoms with E-state index >= 15 is 0 Å². The highest BCUT2D eigenvalue weighted by Crippen LogP contribution is 2.27. The molecule has 1 heterocycles. The fourth-order valence-electron chi connectivity index (χ4n) is 1.28. The van der Waals surface area contributed by atoms with Crippen LogP contribution in [0.15, 0.2) is 30.5 Å². The number of carbonyl (C=O) groups is 1. The van der Waals surface area contributed by atoms with Gasteiger partial charge in [-0.3, -0.25) is 4.79 Å². The van der Waals surface area contributed by atoms with Gasteiger partial charge in [0.2, 0.25) is 0 Å². The molecule has 0 aliphatic heterocycles. The van der Waals surface area contributed by atoms with Crippen LogP contribution < -0.4 is 4.90 Å². The van der Waals surface area contributed by atoms with Crippen LogP contribution in [-0.4, -0.2) is 18.3 Å². The van der Waals surface area contributed by atoms with Gasteiger partial charge in [0.1, 0.15) is 5.82 Å². The molecule has 0 saturated heterocycles. The van der Waals surface area contributed by atoms with Gasteiger partial charge in [-0.05, 0) is 18.2 Å². The average molecular weight is 236 g/mol. The standard InChI is InChI=1S/C11H9FN2OS/c1-14(9-4-2-3-8(12)5-9)11-13-6-10(7-15)16-11/h2-7H,1H3. The van der Waals surface area contributed by atoms with Gasteiger partial charge in [0.15, 0.2) is 11.4 Å². The number of rotatable bonds is 3. The van der Waals surface area contributed by atoms with Crippen molar-refractivity contribution in [3.63, 3.8) is 0 Å². The molecule has 0 bridgehead atoms. The zero-order valence-corrected chi connectivity index (χ0v) is 9.37. The van der Waals surface area contributed by atoms with Crippen molar-refractivity contribution in [3.05, 3.63) is 41.2 Å². The molecule has 0 N–H and O–H groups in total. The molecule has 0 aliphatic carbocycles. The van der Waals surface area contributed by atoms with Crippen LogP contribution in [-0.2, 0) is 0 Å². The Bertz CT molecular complexity index is 512. The predicted molar refractivity (Wildman–Crippen MR) is 62.0 cm³/mol. The van der Waals surface area contributed by atoms with Crippen LogP contribution in [0, 0.1) is 5.82 Å². The Morgan fingerprint density at radius 2 is 2.31 bits per heavy atom. The molecule has 0 aliphatic rings. The quantitative estimate of drug-likeness (QED) is 0.768. The normalized spacial score (nSPS) is 10.1. The summed E-state index contributed by atoms with van der Waals surface area (Å²) in [7, 11) is 1.78. The molecule has 82 valence electrons. The van der Waals surface area contributed by atoms with Crippen LogP contribution in [0.25, 0.3) is 0 Å². The van der Waals surface area contributed by atoms with Gasteiger partial charge in [-0.15, -0.1) is 0 Å². The molecule has 2 rings (SSSR count). The second kappa shape index (κ2) is 4.40. The summed E-state index contributed by atoms with van der Waals surface area (Å²) in [6.45, 7) is 0. The van der Waals surface area contributed by atoms with Crippen LogP contribution in [0.3, 0.4) is 0 Å². The molecule has 3 nitrogen and oxygen atoms in total. The molecule has 0 radical (unpaired) electrons. The van der Waals surface area contributed by atoms with Crippen molar-refractivity contribution in [2.24, 2.45) is 0 Å². The lowest BCUT2D eigenvalue weighted by molar-refractivity contribution is 0.112. The van der Waals surface area contributed by atoms with Crippen LogP contribution in [0.1, 0.15) is 9.67 Å². The predicted octanol–water partition coefficient (Wildman–Crippen LogP) is 2.86. The third kappa shape index (κ3) is 2.09. The van der Waals surface area contributed by atoms with Crippen molar-refractivity contribution in [3.8, 4) is 0 Å². The third-order valence-electron chi connectivity index (χ3n) is 2.11. The highest BCUT2D eigenvalue weighted by molar-refractivity contribution is 7.17. The molecule has 2 aromatic rings. The minimum Gasteiger partial charge on any atom is -0.321 e. The number of thiazole rings is 1. The minimum absolute atomic E-state index is 0.295. The van der Waals surface area contributed by atoms with E-state index in [9.17, 15) is 9.18 Å². The van der Waals surface area contributed by atoms with Gasteiger partial charge in [0, 0.05) is 12.7 Å². The van der Waals surface area contributed by atoms with Crippen molar-refractivity contribution in [1.82, 2.24) is 4.98 Å². The Kier molecular flexibility index (Phi) is 2.96. The Morgan fingerprint density at radius 3 is 2.94 bits per heavy atom.